The van der Waals surface area contributed by atoms with Crippen molar-refractivity contribution in [1.29, 1.82) is 0 Å². The highest BCUT2D eigenvalue weighted by Gasteiger charge is 2.23. The topological polar surface area (TPSA) is 126 Å². The van der Waals surface area contributed by atoms with Gasteiger partial charge in [-0.1, -0.05) is 6.92 Å². The average Bonchev–Trinajstić information content (AvgIpc) is 3.06. The van der Waals surface area contributed by atoms with Crippen LogP contribution in [-0.2, 0) is 10.0 Å². The lowest BCUT2D eigenvalue weighted by Crippen LogP contribution is -2.20. The van der Waals surface area contributed by atoms with Crippen LogP contribution in [0.4, 0.5) is 20.2 Å². The Labute approximate surface area is 164 Å². The molecule has 3 rings (SSSR count). The van der Waals surface area contributed by atoms with Crippen molar-refractivity contribution in [2.24, 2.45) is 0 Å². The van der Waals surface area contributed by atoms with E-state index in [0.29, 0.717) is 17.5 Å². The number of carbonyl (C=O) groups is 1. The second-order valence-electron chi connectivity index (χ2n) is 6.01. The van der Waals surface area contributed by atoms with Crippen molar-refractivity contribution in [1.82, 2.24) is 15.2 Å². The van der Waals surface area contributed by atoms with E-state index in [0.717, 1.165) is 12.1 Å². The number of anilines is 2. The third-order valence-corrected chi connectivity index (χ3v) is 5.37. The highest BCUT2D eigenvalue weighted by Crippen LogP contribution is 2.26. The van der Waals surface area contributed by atoms with Crippen LogP contribution in [0.1, 0.15) is 23.7 Å². The molecule has 0 spiro atoms. The van der Waals surface area contributed by atoms with Crippen LogP contribution in [0.2, 0.25) is 0 Å². The molecule has 2 aromatic heterocycles. The third-order valence-electron chi connectivity index (χ3n) is 3.89. The average molecular weight is 425 g/mol. The maximum Gasteiger partial charge on any atom is 0.261 e. The minimum atomic E-state index is -3.83. The van der Waals surface area contributed by atoms with Crippen LogP contribution in [0.25, 0.3) is 11.0 Å². The molecule has 0 aliphatic rings. The summed E-state index contributed by atoms with van der Waals surface area (Å²) in [4.78, 5) is 16.5. The van der Waals surface area contributed by atoms with Gasteiger partial charge in [-0.15, -0.1) is 5.10 Å². The van der Waals surface area contributed by atoms with Crippen LogP contribution in [-0.4, -0.2) is 42.4 Å². The number of H-pyrrole nitrogens is 1. The summed E-state index contributed by atoms with van der Waals surface area (Å²) in [5.74, 6) is -3.59. The van der Waals surface area contributed by atoms with E-state index in [9.17, 15) is 22.0 Å². The van der Waals surface area contributed by atoms with Crippen LogP contribution < -0.4 is 14.8 Å². The van der Waals surface area contributed by atoms with Crippen LogP contribution in [0.15, 0.2) is 24.4 Å². The molecule has 0 aliphatic heterocycles. The number of sulfonamides is 1. The molecule has 0 fully saturated rings. The van der Waals surface area contributed by atoms with Gasteiger partial charge >= 0.3 is 0 Å². The number of aromatic nitrogens is 3. The van der Waals surface area contributed by atoms with E-state index >= 15 is 0 Å². The van der Waals surface area contributed by atoms with Crippen molar-refractivity contribution in [3.8, 4) is 5.88 Å². The first-order valence-corrected chi connectivity index (χ1v) is 10.1. The maximum absolute atomic E-state index is 14.7. The van der Waals surface area contributed by atoms with Gasteiger partial charge in [0.1, 0.15) is 11.4 Å². The van der Waals surface area contributed by atoms with E-state index in [1.165, 1.54) is 19.4 Å². The molecule has 154 valence electrons. The summed E-state index contributed by atoms with van der Waals surface area (Å²) < 4.78 is 59.7. The molecule has 0 atom stereocenters. The van der Waals surface area contributed by atoms with Gasteiger partial charge < -0.3 is 10.1 Å². The Kier molecular flexibility index (Phi) is 5.64. The monoisotopic (exact) mass is 425 g/mol. The molecule has 0 bridgehead atoms. The molecule has 0 unspecified atom stereocenters. The second-order valence-corrected chi connectivity index (χ2v) is 7.85. The van der Waals surface area contributed by atoms with Gasteiger partial charge in [0.2, 0.25) is 15.9 Å². The number of rotatable bonds is 7. The van der Waals surface area contributed by atoms with Gasteiger partial charge in [-0.3, -0.25) is 14.6 Å². The van der Waals surface area contributed by atoms with E-state index in [2.05, 4.69) is 20.5 Å². The molecule has 1 aromatic carbocycles. The minimum absolute atomic E-state index is 0.137. The second kappa shape index (κ2) is 7.99. The number of halogens is 2. The van der Waals surface area contributed by atoms with Crippen molar-refractivity contribution < 1.29 is 26.7 Å². The van der Waals surface area contributed by atoms with Crippen molar-refractivity contribution in [3.05, 3.63) is 41.6 Å². The SMILES string of the molecule is CCCS(=O)(=O)Nc1ccc(F)c(C(=O)Nc2cnc3[nH]nc(OC)c3c2)c1F. The Hall–Kier alpha value is -3.28. The zero-order chi connectivity index (χ0) is 21.2. The molecule has 0 saturated heterocycles. The molecule has 9 nitrogen and oxygen atoms in total. The molecule has 12 heteroatoms. The number of amides is 1. The summed E-state index contributed by atoms with van der Waals surface area (Å²) >= 11 is 0. The zero-order valence-corrected chi connectivity index (χ0v) is 16.2. The number of benzene rings is 1. The summed E-state index contributed by atoms with van der Waals surface area (Å²) in [6, 6.07) is 3.19. The zero-order valence-electron chi connectivity index (χ0n) is 15.4. The van der Waals surface area contributed by atoms with Crippen LogP contribution in [0.5, 0.6) is 5.88 Å². The molecule has 29 heavy (non-hydrogen) atoms. The minimum Gasteiger partial charge on any atom is -0.479 e. The number of hydrogen-bond acceptors (Lipinski definition) is 6. The molecule has 0 saturated carbocycles. The Bertz CT molecular complexity index is 1180. The fourth-order valence-corrected chi connectivity index (χ4v) is 3.76. The number of nitrogens with one attached hydrogen (secondary N) is 3. The quantitative estimate of drug-likeness (QED) is 0.534. The highest BCUT2D eigenvalue weighted by atomic mass is 32.2. The van der Waals surface area contributed by atoms with Gasteiger partial charge in [-0.25, -0.2) is 22.2 Å². The lowest BCUT2D eigenvalue weighted by Gasteiger charge is -2.12. The van der Waals surface area contributed by atoms with Gasteiger partial charge in [0, 0.05) is 0 Å². The Balaban J connectivity index is 1.92. The third kappa shape index (κ3) is 4.26. The first-order valence-electron chi connectivity index (χ1n) is 8.43. The number of aromatic amines is 1. The number of hydrogen-bond donors (Lipinski definition) is 3. The Morgan fingerprint density at radius 2 is 2.07 bits per heavy atom. The summed E-state index contributed by atoms with van der Waals surface area (Å²) in [7, 11) is -2.43. The van der Waals surface area contributed by atoms with Crippen LogP contribution in [0, 0.1) is 11.6 Å². The van der Waals surface area contributed by atoms with E-state index in [4.69, 9.17) is 4.74 Å². The van der Waals surface area contributed by atoms with Crippen molar-refractivity contribution in [3.63, 3.8) is 0 Å². The molecule has 0 radical (unpaired) electrons. The lowest BCUT2D eigenvalue weighted by atomic mass is 10.1. The summed E-state index contributed by atoms with van der Waals surface area (Å²) in [5, 5.41) is 9.28. The van der Waals surface area contributed by atoms with Gasteiger partial charge in [0.05, 0.1) is 35.8 Å². The van der Waals surface area contributed by atoms with Crippen LogP contribution >= 0.6 is 0 Å². The molecule has 3 N–H and O–H groups in total. The van der Waals surface area contributed by atoms with Crippen LogP contribution in [0.3, 0.4) is 0 Å². The first-order chi connectivity index (χ1) is 13.8. The molecule has 1 amide bonds. The van der Waals surface area contributed by atoms with Gasteiger partial charge in [0.25, 0.3) is 5.91 Å². The van der Waals surface area contributed by atoms with E-state index < -0.39 is 38.8 Å². The smallest absolute Gasteiger partial charge is 0.261 e. The number of methoxy groups -OCH3 is 1. The van der Waals surface area contributed by atoms with Gasteiger partial charge in [0.15, 0.2) is 11.5 Å². The molecular weight excluding hydrogens is 408 g/mol. The normalized spacial score (nSPS) is 11.4. The van der Waals surface area contributed by atoms with Crippen molar-refractivity contribution >= 4 is 38.3 Å². The number of ether oxygens (including phenoxy) is 1. The summed E-state index contributed by atoms with van der Waals surface area (Å²) in [6.07, 6.45) is 1.57. The predicted molar refractivity (Wildman–Crippen MR) is 102 cm³/mol. The molecule has 3 aromatic rings. The van der Waals surface area contributed by atoms with E-state index in [1.54, 1.807) is 6.92 Å². The van der Waals surface area contributed by atoms with E-state index in [1.807, 2.05) is 4.72 Å². The number of fused-ring (bicyclic) bond motifs is 1. The van der Waals surface area contributed by atoms with Crippen molar-refractivity contribution in [2.45, 2.75) is 13.3 Å². The fraction of sp³-hybridized carbons (Fsp3) is 0.235. The van der Waals surface area contributed by atoms with E-state index in [-0.39, 0.29) is 17.3 Å². The largest absolute Gasteiger partial charge is 0.479 e. The molecule has 2 heterocycles. The molecule has 0 aliphatic carbocycles. The lowest BCUT2D eigenvalue weighted by molar-refractivity contribution is 0.101. The Morgan fingerprint density at radius 1 is 1.31 bits per heavy atom. The highest BCUT2D eigenvalue weighted by molar-refractivity contribution is 7.92. The standard InChI is InChI=1S/C17H17F2N5O4S/c1-3-6-29(26,27)24-12-5-4-11(18)13(14(12)19)16(25)21-9-7-10-15(20-8-9)22-23-17(10)28-2/h4-5,7-8,24H,3,6H2,1-2H3,(H,21,25)(H,20,22,23). The Morgan fingerprint density at radius 3 is 2.76 bits per heavy atom. The summed E-state index contributed by atoms with van der Waals surface area (Å²) in [6.45, 7) is 1.64. The number of carbonyl (C=O) groups excluding carboxylic acids is 1. The summed E-state index contributed by atoms with van der Waals surface area (Å²) in [5.41, 5.74) is -0.918. The predicted octanol–water partition coefficient (Wildman–Crippen LogP) is 2.65. The fourth-order valence-electron chi connectivity index (χ4n) is 2.63. The van der Waals surface area contributed by atoms with Gasteiger partial charge in [-0.05, 0) is 24.6 Å². The molecular formula is C17H17F2N5O4S. The maximum atomic E-state index is 14.7. The number of pyridine rings is 1. The van der Waals surface area contributed by atoms with Crippen molar-refractivity contribution in [2.75, 3.05) is 22.9 Å². The number of nitrogens with zero attached hydrogens (tertiary/aromatic N) is 2. The first kappa shape index (κ1) is 20.5. The van der Waals surface area contributed by atoms with Gasteiger partial charge in [-0.2, -0.15) is 0 Å².